The number of para-hydroxylation sites is 1. The highest BCUT2D eigenvalue weighted by molar-refractivity contribution is 5.79. The Balaban J connectivity index is 1.59. The molecule has 0 spiro atoms. The summed E-state index contributed by atoms with van der Waals surface area (Å²) in [7, 11) is 1.60. The molecular weight excluding hydrogens is 373 g/mol. The molecule has 0 fully saturated rings. The molecule has 148 valence electrons. The Kier molecular flexibility index (Phi) is 5.97. The average molecular weight is 392 g/mol. The van der Waals surface area contributed by atoms with E-state index in [-0.39, 0.29) is 12.3 Å². The SMILES string of the molecule is CN=C(NCc1ccccc1OCC(F)(F)F)NCc1nnc2ccccn12. The number of rotatable bonds is 6. The molecule has 10 heteroatoms. The van der Waals surface area contributed by atoms with Crippen LogP contribution in [-0.4, -0.2) is 40.4 Å². The maximum atomic E-state index is 12.4. The minimum absolute atomic E-state index is 0.172. The Morgan fingerprint density at radius 1 is 1.07 bits per heavy atom. The van der Waals surface area contributed by atoms with Crippen molar-refractivity contribution in [3.63, 3.8) is 0 Å². The zero-order valence-electron chi connectivity index (χ0n) is 15.1. The minimum Gasteiger partial charge on any atom is -0.484 e. The summed E-state index contributed by atoms with van der Waals surface area (Å²) >= 11 is 0. The third kappa shape index (κ3) is 5.12. The largest absolute Gasteiger partial charge is 0.484 e. The second-order valence-electron chi connectivity index (χ2n) is 5.84. The number of halogens is 3. The van der Waals surface area contributed by atoms with Gasteiger partial charge in [-0.1, -0.05) is 24.3 Å². The molecule has 2 N–H and O–H groups in total. The quantitative estimate of drug-likeness (QED) is 0.498. The second-order valence-corrected chi connectivity index (χ2v) is 5.84. The van der Waals surface area contributed by atoms with E-state index < -0.39 is 12.8 Å². The predicted octanol–water partition coefficient (Wildman–Crippen LogP) is 2.54. The van der Waals surface area contributed by atoms with E-state index in [0.717, 1.165) is 5.65 Å². The van der Waals surface area contributed by atoms with Crippen LogP contribution in [0.15, 0.2) is 53.7 Å². The standard InChI is InChI=1S/C18H19F3N6O/c1-22-17(24-11-16-26-25-15-8-4-5-9-27(15)16)23-10-13-6-2-3-7-14(13)28-12-18(19,20)21/h2-9H,10-12H2,1H3,(H2,22,23,24). The van der Waals surface area contributed by atoms with Crippen LogP contribution < -0.4 is 15.4 Å². The van der Waals surface area contributed by atoms with Gasteiger partial charge in [0.15, 0.2) is 24.0 Å². The molecule has 7 nitrogen and oxygen atoms in total. The summed E-state index contributed by atoms with van der Waals surface area (Å²) in [6.45, 7) is -0.720. The maximum Gasteiger partial charge on any atom is 0.422 e. The first-order valence-electron chi connectivity index (χ1n) is 8.47. The van der Waals surface area contributed by atoms with Crippen molar-refractivity contribution in [1.82, 2.24) is 25.2 Å². The lowest BCUT2D eigenvalue weighted by Gasteiger charge is -2.15. The Hall–Kier alpha value is -3.30. The molecule has 0 aliphatic carbocycles. The fraction of sp³-hybridized carbons (Fsp3) is 0.278. The van der Waals surface area contributed by atoms with Gasteiger partial charge in [-0.15, -0.1) is 10.2 Å². The second kappa shape index (κ2) is 8.59. The van der Waals surface area contributed by atoms with E-state index in [0.29, 0.717) is 23.9 Å². The van der Waals surface area contributed by atoms with Crippen molar-refractivity contribution < 1.29 is 17.9 Å². The number of hydrogen-bond acceptors (Lipinski definition) is 4. The normalized spacial score (nSPS) is 12.2. The molecule has 0 bridgehead atoms. The monoisotopic (exact) mass is 392 g/mol. The van der Waals surface area contributed by atoms with E-state index in [4.69, 9.17) is 4.74 Å². The Bertz CT molecular complexity index is 954. The third-order valence-corrected chi connectivity index (χ3v) is 3.83. The highest BCUT2D eigenvalue weighted by Gasteiger charge is 2.28. The molecule has 3 aromatic rings. The number of nitrogens with zero attached hydrogens (tertiary/aromatic N) is 4. The summed E-state index contributed by atoms with van der Waals surface area (Å²) in [5.74, 6) is 1.34. The van der Waals surface area contributed by atoms with Gasteiger partial charge in [0, 0.05) is 25.4 Å². The number of nitrogens with one attached hydrogen (secondary N) is 2. The fourth-order valence-corrected chi connectivity index (χ4v) is 2.52. The molecule has 0 radical (unpaired) electrons. The van der Waals surface area contributed by atoms with Gasteiger partial charge < -0.3 is 15.4 Å². The third-order valence-electron chi connectivity index (χ3n) is 3.83. The lowest BCUT2D eigenvalue weighted by Crippen LogP contribution is -2.36. The molecule has 0 amide bonds. The van der Waals surface area contributed by atoms with Crippen LogP contribution in [0.3, 0.4) is 0 Å². The zero-order valence-corrected chi connectivity index (χ0v) is 15.1. The van der Waals surface area contributed by atoms with E-state index in [1.807, 2.05) is 28.8 Å². The van der Waals surface area contributed by atoms with Gasteiger partial charge in [-0.25, -0.2) is 0 Å². The molecule has 0 aliphatic rings. The number of pyridine rings is 1. The van der Waals surface area contributed by atoms with Crippen LogP contribution in [0.2, 0.25) is 0 Å². The number of aromatic nitrogens is 3. The molecule has 2 aromatic heterocycles. The first kappa shape index (κ1) is 19.5. The highest BCUT2D eigenvalue weighted by Crippen LogP contribution is 2.22. The van der Waals surface area contributed by atoms with Gasteiger partial charge >= 0.3 is 6.18 Å². The maximum absolute atomic E-state index is 12.4. The van der Waals surface area contributed by atoms with Crippen LogP contribution >= 0.6 is 0 Å². The van der Waals surface area contributed by atoms with Crippen molar-refractivity contribution in [1.29, 1.82) is 0 Å². The number of alkyl halides is 3. The zero-order chi connectivity index (χ0) is 20.0. The molecular formula is C18H19F3N6O. The molecule has 2 heterocycles. The van der Waals surface area contributed by atoms with E-state index in [1.54, 1.807) is 25.2 Å². The molecule has 28 heavy (non-hydrogen) atoms. The van der Waals surface area contributed by atoms with Gasteiger partial charge in [0.1, 0.15) is 5.75 Å². The summed E-state index contributed by atoms with van der Waals surface area (Å²) < 4.78 is 44.0. The smallest absolute Gasteiger partial charge is 0.422 e. The molecule has 0 saturated heterocycles. The average Bonchev–Trinajstić information content (AvgIpc) is 3.10. The van der Waals surface area contributed by atoms with Crippen molar-refractivity contribution in [3.05, 3.63) is 60.0 Å². The van der Waals surface area contributed by atoms with E-state index in [9.17, 15) is 13.2 Å². The topological polar surface area (TPSA) is 75.8 Å². The number of fused-ring (bicyclic) bond motifs is 1. The van der Waals surface area contributed by atoms with Crippen molar-refractivity contribution in [2.24, 2.45) is 4.99 Å². The summed E-state index contributed by atoms with van der Waals surface area (Å²) in [4.78, 5) is 4.11. The Morgan fingerprint density at radius 2 is 1.82 bits per heavy atom. The predicted molar refractivity (Wildman–Crippen MR) is 98.0 cm³/mol. The fourth-order valence-electron chi connectivity index (χ4n) is 2.52. The molecule has 0 atom stereocenters. The number of hydrogen-bond donors (Lipinski definition) is 2. The van der Waals surface area contributed by atoms with Gasteiger partial charge in [0.2, 0.25) is 0 Å². The van der Waals surface area contributed by atoms with Crippen LogP contribution in [0, 0.1) is 0 Å². The van der Waals surface area contributed by atoms with E-state index >= 15 is 0 Å². The molecule has 0 aliphatic heterocycles. The van der Waals surface area contributed by atoms with E-state index in [2.05, 4.69) is 25.8 Å². The van der Waals surface area contributed by atoms with Crippen LogP contribution in [-0.2, 0) is 13.1 Å². The van der Waals surface area contributed by atoms with Crippen molar-refractivity contribution in [2.75, 3.05) is 13.7 Å². The number of aliphatic imine (C=N–C) groups is 1. The molecule has 1 aromatic carbocycles. The number of guanidine groups is 1. The lowest BCUT2D eigenvalue weighted by atomic mass is 10.2. The Morgan fingerprint density at radius 3 is 2.61 bits per heavy atom. The number of ether oxygens (including phenoxy) is 1. The minimum atomic E-state index is -4.39. The van der Waals surface area contributed by atoms with Gasteiger partial charge in [-0.05, 0) is 18.2 Å². The van der Waals surface area contributed by atoms with Crippen LogP contribution in [0.1, 0.15) is 11.4 Å². The number of benzene rings is 1. The molecule has 0 unspecified atom stereocenters. The van der Waals surface area contributed by atoms with Gasteiger partial charge in [0.25, 0.3) is 0 Å². The summed E-state index contributed by atoms with van der Waals surface area (Å²) in [6, 6.07) is 12.2. The first-order valence-corrected chi connectivity index (χ1v) is 8.47. The molecule has 0 saturated carbocycles. The van der Waals surface area contributed by atoms with Gasteiger partial charge in [-0.3, -0.25) is 9.39 Å². The van der Waals surface area contributed by atoms with Crippen molar-refractivity contribution in [3.8, 4) is 5.75 Å². The Labute approximate surface area is 159 Å². The van der Waals surface area contributed by atoms with Gasteiger partial charge in [0.05, 0.1) is 6.54 Å². The summed E-state index contributed by atoms with van der Waals surface area (Å²) in [5, 5.41) is 14.4. The van der Waals surface area contributed by atoms with Crippen molar-refractivity contribution >= 4 is 11.6 Å². The van der Waals surface area contributed by atoms with Crippen LogP contribution in [0.5, 0.6) is 5.75 Å². The lowest BCUT2D eigenvalue weighted by molar-refractivity contribution is -0.153. The van der Waals surface area contributed by atoms with Crippen LogP contribution in [0.4, 0.5) is 13.2 Å². The van der Waals surface area contributed by atoms with Gasteiger partial charge in [-0.2, -0.15) is 13.2 Å². The van der Waals surface area contributed by atoms with Crippen molar-refractivity contribution in [2.45, 2.75) is 19.3 Å². The highest BCUT2D eigenvalue weighted by atomic mass is 19.4. The van der Waals surface area contributed by atoms with E-state index in [1.165, 1.54) is 6.07 Å². The summed E-state index contributed by atoms with van der Waals surface area (Å²) in [6.07, 6.45) is -2.53. The van der Waals surface area contributed by atoms with Crippen LogP contribution in [0.25, 0.3) is 5.65 Å². The first-order chi connectivity index (χ1) is 13.5. The summed E-state index contributed by atoms with van der Waals surface area (Å²) in [5.41, 5.74) is 1.32. The molecule has 3 rings (SSSR count).